The van der Waals surface area contributed by atoms with E-state index < -0.39 is 68.5 Å². The van der Waals surface area contributed by atoms with Crippen LogP contribution in [0.1, 0.15) is 22.8 Å². The molecule has 0 spiro atoms. The molecule has 0 aliphatic carbocycles. The molecular weight excluding hydrogens is 416 g/mol. The zero-order valence-electron chi connectivity index (χ0n) is 17.1. The number of ketones is 1. The topological polar surface area (TPSA) is 175 Å². The van der Waals surface area contributed by atoms with Gasteiger partial charge in [0.1, 0.15) is 48.5 Å². The van der Waals surface area contributed by atoms with Crippen LogP contribution in [0.2, 0.25) is 0 Å². The normalized spacial score (nSPS) is 38.3. The first-order valence-electron chi connectivity index (χ1n) is 9.86. The van der Waals surface area contributed by atoms with Crippen molar-refractivity contribution >= 4 is 5.78 Å². The van der Waals surface area contributed by atoms with Gasteiger partial charge in [0.25, 0.3) is 0 Å². The number of aliphatic hydroxyl groups is 6. The summed E-state index contributed by atoms with van der Waals surface area (Å²) in [6.07, 6.45) is -12.6. The molecule has 0 bridgehead atoms. The van der Waals surface area contributed by atoms with Crippen molar-refractivity contribution in [1.82, 2.24) is 0 Å². The number of rotatable bonds is 7. The van der Waals surface area contributed by atoms with E-state index in [2.05, 4.69) is 0 Å². The minimum Gasteiger partial charge on any atom is -0.461 e. The van der Waals surface area contributed by atoms with Crippen molar-refractivity contribution < 1.29 is 54.4 Å². The number of benzene rings is 1. The Morgan fingerprint density at radius 3 is 2.16 bits per heavy atom. The van der Waals surface area contributed by atoms with Gasteiger partial charge in [0.2, 0.25) is 6.29 Å². The Morgan fingerprint density at radius 2 is 1.55 bits per heavy atom. The third kappa shape index (κ3) is 4.90. The Kier molecular flexibility index (Phi) is 7.63. The Bertz CT molecular complexity index is 771. The molecule has 9 atom stereocenters. The molecule has 2 aliphatic heterocycles. The van der Waals surface area contributed by atoms with E-state index in [9.17, 15) is 30.3 Å². The van der Waals surface area contributed by atoms with Crippen molar-refractivity contribution in [3.8, 4) is 5.75 Å². The second kappa shape index (κ2) is 9.86. The fraction of sp³-hybridized carbons (Fsp3) is 0.650. The number of ether oxygens (including phenoxy) is 4. The van der Waals surface area contributed by atoms with Gasteiger partial charge < -0.3 is 49.6 Å². The molecule has 2 saturated heterocycles. The molecule has 2 aliphatic rings. The van der Waals surface area contributed by atoms with Crippen LogP contribution in [0.25, 0.3) is 0 Å². The number of hydrogen-bond donors (Lipinski definition) is 6. The predicted molar refractivity (Wildman–Crippen MR) is 102 cm³/mol. The lowest BCUT2D eigenvalue weighted by atomic mass is 9.99. The van der Waals surface area contributed by atoms with Gasteiger partial charge >= 0.3 is 0 Å². The van der Waals surface area contributed by atoms with E-state index in [-0.39, 0.29) is 11.5 Å². The molecule has 2 heterocycles. The van der Waals surface area contributed by atoms with Gasteiger partial charge in [-0.3, -0.25) is 4.79 Å². The summed E-state index contributed by atoms with van der Waals surface area (Å²) >= 11 is 0. The summed E-state index contributed by atoms with van der Waals surface area (Å²) in [6.45, 7) is 2.16. The Morgan fingerprint density at radius 1 is 0.935 bits per heavy atom. The summed E-state index contributed by atoms with van der Waals surface area (Å²) in [7, 11) is 0. The van der Waals surface area contributed by atoms with Gasteiger partial charge in [0.05, 0.1) is 18.8 Å². The van der Waals surface area contributed by atoms with Gasteiger partial charge in [-0.05, 0) is 25.5 Å². The minimum atomic E-state index is -1.65. The van der Waals surface area contributed by atoms with Crippen molar-refractivity contribution in [2.24, 2.45) is 0 Å². The molecule has 11 nitrogen and oxygen atoms in total. The third-order valence-corrected chi connectivity index (χ3v) is 5.42. The molecule has 3 rings (SSSR count). The molecule has 6 N–H and O–H groups in total. The zero-order chi connectivity index (χ0) is 22.9. The monoisotopic (exact) mass is 444 g/mol. The Hall–Kier alpha value is -1.67. The SMILES string of the molecule is CC(=O)c1c(C)cccc1OC1OC(COC2OC(CO)C(O)C2O)C(O)C(O)C1O. The van der Waals surface area contributed by atoms with Crippen LogP contribution in [0.15, 0.2) is 18.2 Å². The Labute approximate surface area is 178 Å². The van der Waals surface area contributed by atoms with E-state index in [4.69, 9.17) is 24.1 Å². The standard InChI is InChI=1S/C20H28O11/c1-8-4-3-5-10(13(8)9(2)22)29-20-18(27)16(25)15(24)12(31-20)7-28-19-17(26)14(23)11(6-21)30-19/h3-5,11-12,14-21,23-27H,6-7H2,1-2H3. The van der Waals surface area contributed by atoms with Crippen LogP contribution in [0, 0.1) is 6.92 Å². The van der Waals surface area contributed by atoms with Gasteiger partial charge in [-0.2, -0.15) is 0 Å². The molecule has 0 radical (unpaired) electrons. The van der Waals surface area contributed by atoms with Crippen molar-refractivity contribution in [3.63, 3.8) is 0 Å². The van der Waals surface area contributed by atoms with Crippen LogP contribution in [-0.4, -0.2) is 105 Å². The fourth-order valence-corrected chi connectivity index (χ4v) is 3.66. The van der Waals surface area contributed by atoms with Crippen LogP contribution in [0.4, 0.5) is 0 Å². The summed E-state index contributed by atoms with van der Waals surface area (Å²) < 4.78 is 21.8. The highest BCUT2D eigenvalue weighted by Gasteiger charge is 2.47. The van der Waals surface area contributed by atoms with Gasteiger partial charge in [-0.15, -0.1) is 0 Å². The molecule has 1 aromatic rings. The van der Waals surface area contributed by atoms with Crippen molar-refractivity contribution in [2.75, 3.05) is 13.2 Å². The number of aliphatic hydroxyl groups excluding tert-OH is 6. The van der Waals surface area contributed by atoms with Crippen molar-refractivity contribution in [3.05, 3.63) is 29.3 Å². The first-order chi connectivity index (χ1) is 14.6. The molecule has 174 valence electrons. The van der Waals surface area contributed by atoms with Crippen LogP contribution < -0.4 is 4.74 Å². The van der Waals surface area contributed by atoms with Crippen LogP contribution in [-0.2, 0) is 14.2 Å². The molecule has 0 aromatic heterocycles. The minimum absolute atomic E-state index is 0.142. The number of aryl methyl sites for hydroxylation is 1. The highest BCUT2D eigenvalue weighted by Crippen LogP contribution is 2.29. The molecule has 11 heteroatoms. The average Bonchev–Trinajstić information content (AvgIpc) is 3.00. The van der Waals surface area contributed by atoms with E-state index in [1.165, 1.54) is 13.0 Å². The maximum Gasteiger partial charge on any atom is 0.229 e. The second-order valence-electron chi connectivity index (χ2n) is 7.68. The molecule has 2 fully saturated rings. The quantitative estimate of drug-likeness (QED) is 0.253. The first-order valence-corrected chi connectivity index (χ1v) is 9.86. The van der Waals surface area contributed by atoms with E-state index in [0.29, 0.717) is 11.1 Å². The van der Waals surface area contributed by atoms with Gasteiger partial charge in [0.15, 0.2) is 12.1 Å². The highest BCUT2D eigenvalue weighted by molar-refractivity contribution is 5.98. The lowest BCUT2D eigenvalue weighted by Gasteiger charge is -2.40. The number of hydrogen-bond acceptors (Lipinski definition) is 11. The molecule has 0 saturated carbocycles. The molecule has 31 heavy (non-hydrogen) atoms. The fourth-order valence-electron chi connectivity index (χ4n) is 3.66. The first kappa shape index (κ1) is 24.0. The van der Waals surface area contributed by atoms with Gasteiger partial charge in [-0.25, -0.2) is 0 Å². The molecular formula is C20H28O11. The lowest BCUT2D eigenvalue weighted by Crippen LogP contribution is -2.60. The maximum atomic E-state index is 12.0. The number of carbonyl (C=O) groups excluding carboxylic acids is 1. The third-order valence-electron chi connectivity index (χ3n) is 5.42. The summed E-state index contributed by atoms with van der Waals surface area (Å²) in [5.74, 6) is -0.119. The lowest BCUT2D eigenvalue weighted by molar-refractivity contribution is -0.290. The molecule has 9 unspecified atom stereocenters. The second-order valence-corrected chi connectivity index (χ2v) is 7.68. The highest BCUT2D eigenvalue weighted by atomic mass is 16.7. The van der Waals surface area contributed by atoms with Crippen molar-refractivity contribution in [1.29, 1.82) is 0 Å². The average molecular weight is 444 g/mol. The van der Waals surface area contributed by atoms with Crippen LogP contribution in [0.5, 0.6) is 5.75 Å². The Balaban J connectivity index is 1.70. The summed E-state index contributed by atoms with van der Waals surface area (Å²) in [4.78, 5) is 12.0. The van der Waals surface area contributed by atoms with E-state index in [0.717, 1.165) is 0 Å². The van der Waals surface area contributed by atoms with E-state index in [1.54, 1.807) is 19.1 Å². The van der Waals surface area contributed by atoms with Gasteiger partial charge in [-0.1, -0.05) is 12.1 Å². The maximum absolute atomic E-state index is 12.0. The predicted octanol–water partition coefficient (Wildman–Crippen LogP) is -2.16. The van der Waals surface area contributed by atoms with Crippen molar-refractivity contribution in [2.45, 2.75) is 69.2 Å². The number of carbonyl (C=O) groups is 1. The van der Waals surface area contributed by atoms with E-state index in [1.807, 2.05) is 0 Å². The molecule has 0 amide bonds. The summed E-state index contributed by atoms with van der Waals surface area (Å²) in [6, 6.07) is 4.89. The summed E-state index contributed by atoms with van der Waals surface area (Å²) in [5.41, 5.74) is 0.943. The molecule has 1 aromatic carbocycles. The number of Topliss-reactive ketones (excluding diaryl/α,β-unsaturated/α-hetero) is 1. The zero-order valence-corrected chi connectivity index (χ0v) is 17.1. The van der Waals surface area contributed by atoms with Gasteiger partial charge in [0, 0.05) is 0 Å². The van der Waals surface area contributed by atoms with E-state index >= 15 is 0 Å². The van der Waals surface area contributed by atoms with Crippen LogP contribution >= 0.6 is 0 Å². The summed E-state index contributed by atoms with van der Waals surface area (Å²) in [5, 5.41) is 59.6. The van der Waals surface area contributed by atoms with Crippen LogP contribution in [0.3, 0.4) is 0 Å². The largest absolute Gasteiger partial charge is 0.461 e. The smallest absolute Gasteiger partial charge is 0.229 e.